The summed E-state index contributed by atoms with van der Waals surface area (Å²) in [6.45, 7) is 5.86. The van der Waals surface area contributed by atoms with Gasteiger partial charge in [0.2, 0.25) is 0 Å². The first-order valence-electron chi connectivity index (χ1n) is 13.9. The lowest BCUT2D eigenvalue weighted by atomic mass is 10.0. The van der Waals surface area contributed by atoms with Crippen LogP contribution in [0.5, 0.6) is 0 Å². The fraction of sp³-hybridized carbons (Fsp3) is 0.400. The molecule has 2 saturated heterocycles. The number of carbonyl (C=O) groups excluding carboxylic acids is 3. The summed E-state index contributed by atoms with van der Waals surface area (Å²) in [4.78, 5) is 43.1. The largest absolute Gasteiger partial charge is 0.417 e. The van der Waals surface area contributed by atoms with Gasteiger partial charge in [0.1, 0.15) is 5.54 Å². The number of nitriles is 1. The summed E-state index contributed by atoms with van der Waals surface area (Å²) in [6.07, 6.45) is -6.31. The number of anilines is 2. The standard InChI is InChI=1S/C30H29F6N5O5S/c1-27(2)17-38(19-10-11-23(47(5,45)46)22(14-19)30(34,35)36)25(43)39(27)12-6-7-13-40-26(44)41(24(42)28(40,3)4)20-9-8-18(16-37)21(15-20)29(31,32)33/h6-11,14-15H,12-13,17H2,1-5H3. The van der Waals surface area contributed by atoms with Crippen LogP contribution in [-0.2, 0) is 27.0 Å². The molecule has 47 heavy (non-hydrogen) atoms. The fourth-order valence-corrected chi connectivity index (χ4v) is 6.32. The van der Waals surface area contributed by atoms with Crippen LogP contribution in [0, 0.1) is 11.3 Å². The van der Waals surface area contributed by atoms with Gasteiger partial charge in [-0.15, -0.1) is 0 Å². The molecule has 0 saturated carbocycles. The van der Waals surface area contributed by atoms with E-state index >= 15 is 0 Å². The highest BCUT2D eigenvalue weighted by Gasteiger charge is 2.52. The lowest BCUT2D eigenvalue weighted by Crippen LogP contribution is -2.44. The molecule has 2 aromatic carbocycles. The van der Waals surface area contributed by atoms with E-state index < -0.39 is 72.8 Å². The van der Waals surface area contributed by atoms with Crippen LogP contribution in [0.4, 0.5) is 47.3 Å². The van der Waals surface area contributed by atoms with Crippen LogP contribution in [0.3, 0.4) is 0 Å². The molecule has 4 rings (SSSR count). The van der Waals surface area contributed by atoms with Crippen LogP contribution in [-0.4, -0.2) is 73.2 Å². The predicted molar refractivity (Wildman–Crippen MR) is 157 cm³/mol. The number of nitrogens with zero attached hydrogens (tertiary/aromatic N) is 5. The molecule has 5 amide bonds. The van der Waals surface area contributed by atoms with Crippen LogP contribution >= 0.6 is 0 Å². The Kier molecular flexibility index (Phi) is 8.69. The minimum absolute atomic E-state index is 0.0409. The Bertz CT molecular complexity index is 1830. The van der Waals surface area contributed by atoms with Crippen molar-refractivity contribution in [2.24, 2.45) is 0 Å². The molecule has 0 atom stereocenters. The Morgan fingerprint density at radius 3 is 1.89 bits per heavy atom. The third-order valence-electron chi connectivity index (χ3n) is 7.97. The molecule has 0 aliphatic carbocycles. The summed E-state index contributed by atoms with van der Waals surface area (Å²) >= 11 is 0. The number of halogens is 6. The second-order valence-electron chi connectivity index (χ2n) is 12.1. The molecule has 2 aliphatic heterocycles. The number of imide groups is 1. The van der Waals surface area contributed by atoms with Crippen molar-refractivity contribution in [2.75, 3.05) is 35.7 Å². The van der Waals surface area contributed by atoms with Gasteiger partial charge in [0.25, 0.3) is 5.91 Å². The van der Waals surface area contributed by atoms with Crippen molar-refractivity contribution in [2.45, 2.75) is 56.0 Å². The zero-order chi connectivity index (χ0) is 35.5. The molecule has 2 heterocycles. The second kappa shape index (κ2) is 11.6. The van der Waals surface area contributed by atoms with Crippen LogP contribution in [0.2, 0.25) is 0 Å². The first kappa shape index (κ1) is 35.3. The van der Waals surface area contributed by atoms with Crippen molar-refractivity contribution in [1.82, 2.24) is 9.80 Å². The number of hydrogen-bond acceptors (Lipinski definition) is 6. The van der Waals surface area contributed by atoms with Gasteiger partial charge in [0.15, 0.2) is 9.84 Å². The molecule has 17 heteroatoms. The van der Waals surface area contributed by atoms with Gasteiger partial charge in [-0.1, -0.05) is 12.2 Å². The molecule has 10 nitrogen and oxygen atoms in total. The van der Waals surface area contributed by atoms with E-state index in [-0.39, 0.29) is 31.0 Å². The molecule has 0 unspecified atom stereocenters. The minimum atomic E-state index is -5.01. The van der Waals surface area contributed by atoms with Gasteiger partial charge in [-0.25, -0.2) is 22.9 Å². The van der Waals surface area contributed by atoms with Crippen molar-refractivity contribution >= 4 is 39.2 Å². The summed E-state index contributed by atoms with van der Waals surface area (Å²) in [5, 5.41) is 9.06. The lowest BCUT2D eigenvalue weighted by molar-refractivity contribution is -0.140. The molecule has 2 aliphatic rings. The number of urea groups is 2. The summed E-state index contributed by atoms with van der Waals surface area (Å²) < 4.78 is 106. The average Bonchev–Trinajstić information content (AvgIpc) is 3.27. The Balaban J connectivity index is 1.53. The molecule has 2 fully saturated rings. The number of hydrogen-bond donors (Lipinski definition) is 0. The third kappa shape index (κ3) is 6.51. The molecular formula is C30H29F6N5O5S. The molecule has 0 N–H and O–H groups in total. The van der Waals surface area contributed by atoms with E-state index in [0.717, 1.165) is 34.1 Å². The highest BCUT2D eigenvalue weighted by Crippen LogP contribution is 2.40. The highest BCUT2D eigenvalue weighted by atomic mass is 32.2. The summed E-state index contributed by atoms with van der Waals surface area (Å²) in [7, 11) is -4.22. The molecule has 0 aromatic heterocycles. The third-order valence-corrected chi connectivity index (χ3v) is 9.13. The van der Waals surface area contributed by atoms with E-state index in [2.05, 4.69) is 0 Å². The minimum Gasteiger partial charge on any atom is -0.314 e. The van der Waals surface area contributed by atoms with Gasteiger partial charge in [-0.05, 0) is 64.1 Å². The van der Waals surface area contributed by atoms with Crippen LogP contribution < -0.4 is 9.80 Å². The zero-order valence-corrected chi connectivity index (χ0v) is 26.5. The van der Waals surface area contributed by atoms with Crippen LogP contribution in [0.25, 0.3) is 0 Å². The van der Waals surface area contributed by atoms with Crippen molar-refractivity contribution in [3.05, 3.63) is 65.2 Å². The number of sulfone groups is 1. The average molecular weight is 686 g/mol. The lowest BCUT2D eigenvalue weighted by Gasteiger charge is -2.29. The van der Waals surface area contributed by atoms with Crippen LogP contribution in [0.1, 0.15) is 44.4 Å². The van der Waals surface area contributed by atoms with Crippen molar-refractivity contribution in [3.8, 4) is 6.07 Å². The normalized spacial score (nSPS) is 18.6. The number of amides is 5. The first-order chi connectivity index (χ1) is 21.4. The van der Waals surface area contributed by atoms with E-state index in [1.165, 1.54) is 37.0 Å². The summed E-state index contributed by atoms with van der Waals surface area (Å²) in [5.74, 6) is -0.805. The van der Waals surface area contributed by atoms with Crippen molar-refractivity contribution in [3.63, 3.8) is 0 Å². The molecule has 0 bridgehead atoms. The summed E-state index contributed by atoms with van der Waals surface area (Å²) in [5.41, 5.74) is -6.30. The van der Waals surface area contributed by atoms with Crippen molar-refractivity contribution < 1.29 is 49.1 Å². The zero-order valence-electron chi connectivity index (χ0n) is 25.7. The van der Waals surface area contributed by atoms with E-state index in [1.54, 1.807) is 13.8 Å². The quantitative estimate of drug-likeness (QED) is 0.206. The number of benzene rings is 2. The Labute approximate surface area is 266 Å². The molecule has 0 spiro atoms. The van der Waals surface area contributed by atoms with Gasteiger partial charge in [-0.2, -0.15) is 31.6 Å². The van der Waals surface area contributed by atoms with Crippen LogP contribution in [0.15, 0.2) is 53.4 Å². The monoisotopic (exact) mass is 685 g/mol. The SMILES string of the molecule is CC1(C)CN(c2ccc(S(C)(=O)=O)c(C(F)(F)F)c2)C(=O)N1CC=CCN1C(=O)N(c2ccc(C#N)c(C(F)(F)F)c2)C(=O)C1(C)C. The van der Waals surface area contributed by atoms with E-state index in [9.17, 15) is 49.1 Å². The van der Waals surface area contributed by atoms with Crippen molar-refractivity contribution in [1.29, 1.82) is 5.26 Å². The van der Waals surface area contributed by atoms with E-state index in [4.69, 9.17) is 5.26 Å². The van der Waals surface area contributed by atoms with Gasteiger partial charge in [0, 0.05) is 25.0 Å². The Morgan fingerprint density at radius 2 is 1.36 bits per heavy atom. The van der Waals surface area contributed by atoms with Gasteiger partial charge in [-0.3, -0.25) is 9.69 Å². The second-order valence-corrected chi connectivity index (χ2v) is 14.1. The fourth-order valence-electron chi connectivity index (χ4n) is 5.44. The maximum absolute atomic E-state index is 13.7. The number of carbonyl (C=O) groups is 3. The maximum Gasteiger partial charge on any atom is 0.417 e. The van der Waals surface area contributed by atoms with Gasteiger partial charge < -0.3 is 9.80 Å². The maximum atomic E-state index is 13.7. The highest BCUT2D eigenvalue weighted by molar-refractivity contribution is 7.90. The van der Waals surface area contributed by atoms with E-state index in [0.29, 0.717) is 23.3 Å². The Hall–Kier alpha value is -4.59. The smallest absolute Gasteiger partial charge is 0.314 e. The number of rotatable bonds is 7. The van der Waals surface area contributed by atoms with E-state index in [1.807, 2.05) is 0 Å². The first-order valence-corrected chi connectivity index (χ1v) is 15.7. The summed E-state index contributed by atoms with van der Waals surface area (Å²) in [6, 6.07) is 4.89. The topological polar surface area (TPSA) is 122 Å². The Morgan fingerprint density at radius 1 is 0.830 bits per heavy atom. The number of alkyl halides is 6. The van der Waals surface area contributed by atoms with Gasteiger partial charge >= 0.3 is 24.4 Å². The molecular weight excluding hydrogens is 656 g/mol. The molecule has 252 valence electrons. The molecule has 2 aromatic rings. The predicted octanol–water partition coefficient (Wildman–Crippen LogP) is 5.82. The molecule has 0 radical (unpaired) electrons. The van der Waals surface area contributed by atoms with Gasteiger partial charge in [0.05, 0.1) is 45.4 Å².